The quantitative estimate of drug-likeness (QED) is 0.122. The molecule has 5 heteroatoms. The van der Waals surface area contributed by atoms with Gasteiger partial charge in [-0.15, -0.1) is 0 Å². The summed E-state index contributed by atoms with van der Waals surface area (Å²) in [6.07, 6.45) is 21.5. The van der Waals surface area contributed by atoms with E-state index < -0.39 is 6.10 Å². The van der Waals surface area contributed by atoms with Crippen LogP contribution in [0, 0.1) is 0 Å². The number of hydrogen-bond acceptors (Lipinski definition) is 5. The highest BCUT2D eigenvalue weighted by Crippen LogP contribution is 2.12. The SMILES string of the molecule is CCCCCCCCCCCCCC(=O)OC[C@H](O)COC(=O)CCCCCCCCC. The van der Waals surface area contributed by atoms with Crippen molar-refractivity contribution >= 4 is 11.9 Å². The maximum Gasteiger partial charge on any atom is 0.305 e. The molecule has 0 fully saturated rings. The lowest BCUT2D eigenvalue weighted by atomic mass is 10.1. The van der Waals surface area contributed by atoms with Gasteiger partial charge in [-0.2, -0.15) is 0 Å². The number of hydrogen-bond donors (Lipinski definition) is 1. The van der Waals surface area contributed by atoms with Gasteiger partial charge in [0.15, 0.2) is 0 Å². The fraction of sp³-hybridized carbons (Fsp3) is 0.926. The Kier molecular flexibility index (Phi) is 23.7. The van der Waals surface area contributed by atoms with Crippen LogP contribution in [0.15, 0.2) is 0 Å². The van der Waals surface area contributed by atoms with Crippen molar-refractivity contribution in [3.8, 4) is 0 Å². The normalized spacial score (nSPS) is 12.0. The molecule has 0 bridgehead atoms. The van der Waals surface area contributed by atoms with Gasteiger partial charge in [0.25, 0.3) is 0 Å². The van der Waals surface area contributed by atoms with Crippen LogP contribution in [0.25, 0.3) is 0 Å². The first-order valence-corrected chi connectivity index (χ1v) is 13.6. The van der Waals surface area contributed by atoms with Crippen molar-refractivity contribution in [2.45, 2.75) is 148 Å². The van der Waals surface area contributed by atoms with E-state index in [0.29, 0.717) is 12.8 Å². The number of esters is 2. The van der Waals surface area contributed by atoms with E-state index >= 15 is 0 Å². The van der Waals surface area contributed by atoms with Crippen molar-refractivity contribution in [2.75, 3.05) is 13.2 Å². The van der Waals surface area contributed by atoms with E-state index in [1.54, 1.807) is 0 Å². The van der Waals surface area contributed by atoms with Crippen molar-refractivity contribution in [3.63, 3.8) is 0 Å². The molecule has 0 rings (SSSR count). The van der Waals surface area contributed by atoms with Gasteiger partial charge in [0.2, 0.25) is 0 Å². The Morgan fingerprint density at radius 3 is 1.12 bits per heavy atom. The van der Waals surface area contributed by atoms with Crippen LogP contribution >= 0.6 is 0 Å². The molecule has 0 radical (unpaired) electrons. The minimum atomic E-state index is -0.950. The zero-order valence-electron chi connectivity index (χ0n) is 21.2. The van der Waals surface area contributed by atoms with E-state index in [1.807, 2.05) is 0 Å². The van der Waals surface area contributed by atoms with Crippen LogP contribution in [0.5, 0.6) is 0 Å². The Balaban J connectivity index is 3.43. The molecule has 0 spiro atoms. The predicted molar refractivity (Wildman–Crippen MR) is 132 cm³/mol. The molecule has 0 aliphatic carbocycles. The van der Waals surface area contributed by atoms with Gasteiger partial charge in [-0.05, 0) is 12.8 Å². The molecule has 0 unspecified atom stereocenters. The number of carbonyl (C=O) groups excluding carboxylic acids is 2. The molecule has 0 amide bonds. The molecule has 1 atom stereocenters. The standard InChI is InChI=1S/C27H52O5/c1-3-5-7-9-11-12-13-14-16-18-20-22-27(30)32-24-25(28)23-31-26(29)21-19-17-15-10-8-6-4-2/h25,28H,3-24H2,1-2H3/t25-/m1/s1. The Hall–Kier alpha value is -1.10. The molecule has 190 valence electrons. The minimum absolute atomic E-state index is 0.110. The van der Waals surface area contributed by atoms with Crippen molar-refractivity contribution in [1.29, 1.82) is 0 Å². The number of aliphatic hydroxyl groups is 1. The zero-order valence-corrected chi connectivity index (χ0v) is 21.2. The summed E-state index contributed by atoms with van der Waals surface area (Å²) in [6.45, 7) is 4.22. The van der Waals surface area contributed by atoms with E-state index in [2.05, 4.69) is 13.8 Å². The van der Waals surface area contributed by atoms with Crippen molar-refractivity contribution in [1.82, 2.24) is 0 Å². The number of aliphatic hydroxyl groups excluding tert-OH is 1. The van der Waals surface area contributed by atoms with Crippen molar-refractivity contribution in [2.24, 2.45) is 0 Å². The molecule has 0 heterocycles. The highest BCUT2D eigenvalue weighted by Gasteiger charge is 2.12. The fourth-order valence-corrected chi connectivity index (χ4v) is 3.73. The first-order chi connectivity index (χ1) is 15.6. The molecule has 32 heavy (non-hydrogen) atoms. The van der Waals surface area contributed by atoms with Gasteiger partial charge < -0.3 is 14.6 Å². The number of rotatable bonds is 24. The summed E-state index contributed by atoms with van der Waals surface area (Å²) < 4.78 is 10.2. The van der Waals surface area contributed by atoms with Crippen molar-refractivity contribution < 1.29 is 24.2 Å². The molecule has 5 nitrogen and oxygen atoms in total. The third kappa shape index (κ3) is 23.6. The van der Waals surface area contributed by atoms with Crippen LogP contribution < -0.4 is 0 Å². The largest absolute Gasteiger partial charge is 0.463 e. The molecule has 0 aromatic rings. The monoisotopic (exact) mass is 456 g/mol. The van der Waals surface area contributed by atoms with E-state index in [4.69, 9.17) is 9.47 Å². The number of unbranched alkanes of at least 4 members (excludes halogenated alkanes) is 16. The van der Waals surface area contributed by atoms with E-state index in [9.17, 15) is 14.7 Å². The molecule has 0 saturated heterocycles. The summed E-state index contributed by atoms with van der Waals surface area (Å²) in [5, 5.41) is 9.84. The summed E-state index contributed by atoms with van der Waals surface area (Å²) in [5.74, 6) is -0.570. The second-order valence-electron chi connectivity index (χ2n) is 9.18. The van der Waals surface area contributed by atoms with Crippen LogP contribution in [0.2, 0.25) is 0 Å². The second kappa shape index (κ2) is 24.5. The highest BCUT2D eigenvalue weighted by molar-refractivity contribution is 5.69. The third-order valence-corrected chi connectivity index (χ3v) is 5.84. The molecule has 0 aromatic carbocycles. The highest BCUT2D eigenvalue weighted by atomic mass is 16.6. The van der Waals surface area contributed by atoms with Gasteiger partial charge in [-0.25, -0.2) is 0 Å². The molecule has 0 aliphatic rings. The Morgan fingerprint density at radius 2 is 0.812 bits per heavy atom. The molecule has 0 aromatic heterocycles. The van der Waals surface area contributed by atoms with Crippen LogP contribution in [0.4, 0.5) is 0 Å². The van der Waals surface area contributed by atoms with Gasteiger partial charge in [0.05, 0.1) is 0 Å². The lowest BCUT2D eigenvalue weighted by Gasteiger charge is -2.12. The number of ether oxygens (including phenoxy) is 2. The van der Waals surface area contributed by atoms with E-state index in [-0.39, 0.29) is 25.2 Å². The summed E-state index contributed by atoms with van der Waals surface area (Å²) in [6, 6.07) is 0. The average molecular weight is 457 g/mol. The minimum Gasteiger partial charge on any atom is -0.463 e. The molecule has 0 aliphatic heterocycles. The van der Waals surface area contributed by atoms with Gasteiger partial charge in [-0.1, -0.05) is 117 Å². The first-order valence-electron chi connectivity index (χ1n) is 13.6. The van der Waals surface area contributed by atoms with Gasteiger partial charge >= 0.3 is 11.9 Å². The third-order valence-electron chi connectivity index (χ3n) is 5.84. The summed E-state index contributed by atoms with van der Waals surface area (Å²) in [4.78, 5) is 23.5. The smallest absolute Gasteiger partial charge is 0.305 e. The molecular weight excluding hydrogens is 404 g/mol. The van der Waals surface area contributed by atoms with Crippen LogP contribution in [-0.2, 0) is 19.1 Å². The molecule has 0 saturated carbocycles. The van der Waals surface area contributed by atoms with Gasteiger partial charge in [0.1, 0.15) is 19.3 Å². The van der Waals surface area contributed by atoms with Gasteiger partial charge in [-0.3, -0.25) is 9.59 Å². The van der Waals surface area contributed by atoms with Crippen LogP contribution in [0.3, 0.4) is 0 Å². The summed E-state index contributed by atoms with van der Waals surface area (Å²) >= 11 is 0. The maximum atomic E-state index is 11.8. The Labute approximate surface area is 198 Å². The summed E-state index contributed by atoms with van der Waals surface area (Å²) in [7, 11) is 0. The average Bonchev–Trinajstić information content (AvgIpc) is 2.79. The van der Waals surface area contributed by atoms with E-state index in [0.717, 1.165) is 32.1 Å². The first kappa shape index (κ1) is 30.9. The molecular formula is C27H52O5. The van der Waals surface area contributed by atoms with E-state index in [1.165, 1.54) is 83.5 Å². The maximum absolute atomic E-state index is 11.8. The second-order valence-corrected chi connectivity index (χ2v) is 9.18. The lowest BCUT2D eigenvalue weighted by Crippen LogP contribution is -2.25. The Bertz CT molecular complexity index is 424. The fourth-order valence-electron chi connectivity index (χ4n) is 3.73. The van der Waals surface area contributed by atoms with Crippen molar-refractivity contribution in [3.05, 3.63) is 0 Å². The zero-order chi connectivity index (χ0) is 23.7. The summed E-state index contributed by atoms with van der Waals surface area (Å²) in [5.41, 5.74) is 0. The van der Waals surface area contributed by atoms with Crippen LogP contribution in [0.1, 0.15) is 142 Å². The number of carbonyl (C=O) groups is 2. The molecule has 1 N–H and O–H groups in total. The van der Waals surface area contributed by atoms with Gasteiger partial charge in [0, 0.05) is 12.8 Å². The lowest BCUT2D eigenvalue weighted by molar-refractivity contribution is -0.152. The predicted octanol–water partition coefficient (Wildman–Crippen LogP) is 7.28. The Morgan fingerprint density at radius 1 is 0.531 bits per heavy atom. The van der Waals surface area contributed by atoms with Crippen LogP contribution in [-0.4, -0.2) is 36.4 Å². The topological polar surface area (TPSA) is 72.8 Å².